The first kappa shape index (κ1) is 9.43. The number of aromatic amines is 1. The van der Waals surface area contributed by atoms with Gasteiger partial charge in [-0.15, -0.1) is 0 Å². The molecule has 0 spiro atoms. The van der Waals surface area contributed by atoms with Crippen molar-refractivity contribution in [1.82, 2.24) is 10.3 Å². The van der Waals surface area contributed by atoms with Crippen molar-refractivity contribution < 1.29 is 4.74 Å². The standard InChI is InChI=1S/C12H18N2O/c1-3-10(13-5-1)7-12(8-15-9-12)11-4-2-6-14-11/h2,4,6,10,13-14H,1,3,5,7-9H2. The zero-order valence-electron chi connectivity index (χ0n) is 8.96. The average Bonchev–Trinajstić information content (AvgIpc) is 2.84. The lowest BCUT2D eigenvalue weighted by Gasteiger charge is -2.42. The van der Waals surface area contributed by atoms with Crippen LogP contribution in [0.4, 0.5) is 0 Å². The summed E-state index contributed by atoms with van der Waals surface area (Å²) in [6, 6.07) is 4.96. The average molecular weight is 206 g/mol. The minimum atomic E-state index is 0.269. The zero-order chi connectivity index (χ0) is 10.1. The van der Waals surface area contributed by atoms with Crippen LogP contribution in [-0.4, -0.2) is 30.8 Å². The van der Waals surface area contributed by atoms with Gasteiger partial charge in [-0.3, -0.25) is 0 Å². The predicted octanol–water partition coefficient (Wildman–Crippen LogP) is 1.42. The summed E-state index contributed by atoms with van der Waals surface area (Å²) >= 11 is 0. The molecule has 0 saturated carbocycles. The van der Waals surface area contributed by atoms with Crippen molar-refractivity contribution in [3.05, 3.63) is 24.0 Å². The molecule has 82 valence electrons. The lowest BCUT2D eigenvalue weighted by molar-refractivity contribution is -0.0698. The molecule has 3 heteroatoms. The summed E-state index contributed by atoms with van der Waals surface area (Å²) in [5, 5.41) is 3.57. The first-order chi connectivity index (χ1) is 7.39. The van der Waals surface area contributed by atoms with Gasteiger partial charge in [-0.2, -0.15) is 0 Å². The van der Waals surface area contributed by atoms with Crippen molar-refractivity contribution in [2.45, 2.75) is 30.7 Å². The Balaban J connectivity index is 1.75. The van der Waals surface area contributed by atoms with E-state index in [1.807, 2.05) is 6.20 Å². The van der Waals surface area contributed by atoms with E-state index in [2.05, 4.69) is 22.4 Å². The van der Waals surface area contributed by atoms with E-state index in [-0.39, 0.29) is 5.41 Å². The lowest BCUT2D eigenvalue weighted by Crippen LogP contribution is -2.50. The molecule has 1 atom stereocenters. The van der Waals surface area contributed by atoms with Gasteiger partial charge in [-0.05, 0) is 37.9 Å². The Bertz CT molecular complexity index is 310. The molecule has 2 N–H and O–H groups in total. The van der Waals surface area contributed by atoms with Gasteiger partial charge in [-0.1, -0.05) is 0 Å². The normalized spacial score (nSPS) is 28.9. The van der Waals surface area contributed by atoms with E-state index < -0.39 is 0 Å². The lowest BCUT2D eigenvalue weighted by atomic mass is 9.76. The third-order valence-electron chi connectivity index (χ3n) is 3.73. The van der Waals surface area contributed by atoms with Crippen LogP contribution in [0.15, 0.2) is 18.3 Å². The van der Waals surface area contributed by atoms with Crippen LogP contribution in [0, 0.1) is 0 Å². The van der Waals surface area contributed by atoms with E-state index in [1.54, 1.807) is 0 Å². The van der Waals surface area contributed by atoms with Crippen LogP contribution in [0.5, 0.6) is 0 Å². The number of ether oxygens (including phenoxy) is 1. The Labute approximate surface area is 90.2 Å². The summed E-state index contributed by atoms with van der Waals surface area (Å²) < 4.78 is 5.42. The fourth-order valence-corrected chi connectivity index (χ4v) is 2.79. The molecule has 0 bridgehead atoms. The molecule has 0 aromatic carbocycles. The summed E-state index contributed by atoms with van der Waals surface area (Å²) in [7, 11) is 0. The summed E-state index contributed by atoms with van der Waals surface area (Å²) in [5.74, 6) is 0. The Hall–Kier alpha value is -0.800. The SMILES string of the molecule is c1c[nH]c(C2(CC3CCCN3)COC2)c1. The second-order valence-corrected chi connectivity index (χ2v) is 4.85. The summed E-state index contributed by atoms with van der Waals surface area (Å²) in [6.45, 7) is 2.95. The molecule has 3 rings (SSSR count). The minimum absolute atomic E-state index is 0.269. The molecule has 3 heterocycles. The Morgan fingerprint density at radius 2 is 2.40 bits per heavy atom. The van der Waals surface area contributed by atoms with E-state index in [0.717, 1.165) is 13.2 Å². The highest BCUT2D eigenvalue weighted by Gasteiger charge is 2.43. The number of nitrogens with one attached hydrogen (secondary N) is 2. The maximum atomic E-state index is 5.42. The molecule has 2 aliphatic heterocycles. The van der Waals surface area contributed by atoms with Crippen LogP contribution in [0.25, 0.3) is 0 Å². The van der Waals surface area contributed by atoms with Crippen LogP contribution in [-0.2, 0) is 10.2 Å². The van der Waals surface area contributed by atoms with Crippen molar-refractivity contribution >= 4 is 0 Å². The van der Waals surface area contributed by atoms with E-state index >= 15 is 0 Å². The molecule has 1 aromatic rings. The third-order valence-corrected chi connectivity index (χ3v) is 3.73. The molecule has 3 nitrogen and oxygen atoms in total. The monoisotopic (exact) mass is 206 g/mol. The molecule has 2 aliphatic rings. The van der Waals surface area contributed by atoms with Gasteiger partial charge in [0.2, 0.25) is 0 Å². The maximum Gasteiger partial charge on any atom is 0.0600 e. The molecule has 1 aromatic heterocycles. The van der Waals surface area contributed by atoms with Crippen molar-refractivity contribution in [3.63, 3.8) is 0 Å². The maximum absolute atomic E-state index is 5.42. The highest BCUT2D eigenvalue weighted by atomic mass is 16.5. The largest absolute Gasteiger partial charge is 0.379 e. The fraction of sp³-hybridized carbons (Fsp3) is 0.667. The van der Waals surface area contributed by atoms with Gasteiger partial charge in [-0.25, -0.2) is 0 Å². The minimum Gasteiger partial charge on any atom is -0.379 e. The quantitative estimate of drug-likeness (QED) is 0.785. The van der Waals surface area contributed by atoms with Gasteiger partial charge in [0.1, 0.15) is 0 Å². The van der Waals surface area contributed by atoms with Crippen LogP contribution in [0.2, 0.25) is 0 Å². The van der Waals surface area contributed by atoms with E-state index in [4.69, 9.17) is 4.74 Å². The Morgan fingerprint density at radius 1 is 1.47 bits per heavy atom. The second-order valence-electron chi connectivity index (χ2n) is 4.85. The molecule has 2 fully saturated rings. The topological polar surface area (TPSA) is 37.0 Å². The molecule has 1 unspecified atom stereocenters. The van der Waals surface area contributed by atoms with E-state index in [0.29, 0.717) is 6.04 Å². The third kappa shape index (κ3) is 1.60. The molecular weight excluding hydrogens is 188 g/mol. The first-order valence-electron chi connectivity index (χ1n) is 5.84. The van der Waals surface area contributed by atoms with Crippen LogP contribution in [0.1, 0.15) is 25.0 Å². The zero-order valence-corrected chi connectivity index (χ0v) is 8.96. The number of hydrogen-bond acceptors (Lipinski definition) is 2. The van der Waals surface area contributed by atoms with Crippen LogP contribution < -0.4 is 5.32 Å². The number of aromatic nitrogens is 1. The summed E-state index contributed by atoms with van der Waals surface area (Å²) in [5.41, 5.74) is 1.62. The summed E-state index contributed by atoms with van der Waals surface area (Å²) in [6.07, 6.45) is 5.87. The van der Waals surface area contributed by atoms with Crippen molar-refractivity contribution in [2.24, 2.45) is 0 Å². The molecule has 0 radical (unpaired) electrons. The van der Waals surface area contributed by atoms with Crippen molar-refractivity contribution in [2.75, 3.05) is 19.8 Å². The van der Waals surface area contributed by atoms with E-state index in [9.17, 15) is 0 Å². The van der Waals surface area contributed by atoms with Crippen LogP contribution in [0.3, 0.4) is 0 Å². The second kappa shape index (κ2) is 3.65. The number of rotatable bonds is 3. The smallest absolute Gasteiger partial charge is 0.0600 e. The number of H-pyrrole nitrogens is 1. The number of hydrogen-bond donors (Lipinski definition) is 2. The van der Waals surface area contributed by atoms with Gasteiger partial charge in [0.25, 0.3) is 0 Å². The Kier molecular flexibility index (Phi) is 2.29. The van der Waals surface area contributed by atoms with Gasteiger partial charge in [0, 0.05) is 17.9 Å². The first-order valence-corrected chi connectivity index (χ1v) is 5.84. The Morgan fingerprint density at radius 3 is 2.93 bits per heavy atom. The van der Waals surface area contributed by atoms with Crippen LogP contribution >= 0.6 is 0 Å². The molecule has 2 saturated heterocycles. The van der Waals surface area contributed by atoms with Gasteiger partial charge in [0.05, 0.1) is 18.6 Å². The van der Waals surface area contributed by atoms with Gasteiger partial charge >= 0.3 is 0 Å². The van der Waals surface area contributed by atoms with Crippen molar-refractivity contribution in [3.8, 4) is 0 Å². The highest BCUT2D eigenvalue weighted by molar-refractivity contribution is 5.21. The summed E-state index contributed by atoms with van der Waals surface area (Å²) in [4.78, 5) is 3.35. The van der Waals surface area contributed by atoms with Crippen molar-refractivity contribution in [1.29, 1.82) is 0 Å². The van der Waals surface area contributed by atoms with Gasteiger partial charge in [0.15, 0.2) is 0 Å². The molecule has 15 heavy (non-hydrogen) atoms. The van der Waals surface area contributed by atoms with Gasteiger partial charge < -0.3 is 15.0 Å². The molecule has 0 aliphatic carbocycles. The molecular formula is C12H18N2O. The molecule has 0 amide bonds. The fourth-order valence-electron chi connectivity index (χ4n) is 2.79. The highest BCUT2D eigenvalue weighted by Crippen LogP contribution is 2.37. The predicted molar refractivity (Wildman–Crippen MR) is 58.9 cm³/mol. The van der Waals surface area contributed by atoms with E-state index in [1.165, 1.54) is 31.5 Å².